The maximum absolute atomic E-state index is 12.2. The Hall–Kier alpha value is -1.82. The maximum atomic E-state index is 12.2. The van der Waals surface area contributed by atoms with Gasteiger partial charge in [-0.25, -0.2) is 0 Å². The molecule has 0 aliphatic heterocycles. The van der Waals surface area contributed by atoms with Gasteiger partial charge in [0, 0.05) is 18.7 Å². The highest BCUT2D eigenvalue weighted by molar-refractivity contribution is 5.94. The summed E-state index contributed by atoms with van der Waals surface area (Å²) in [7, 11) is 0. The Balaban J connectivity index is 2.08. The number of hydrogen-bond donors (Lipinski definition) is 0. The van der Waals surface area contributed by atoms with Crippen molar-refractivity contribution in [3.05, 3.63) is 35.4 Å². The molecule has 3 heteroatoms. The molecule has 0 heterocycles. The first kappa shape index (κ1) is 11.7. The normalized spacial score (nSPS) is 14.1. The van der Waals surface area contributed by atoms with Gasteiger partial charge in [0.2, 0.25) is 0 Å². The molecule has 0 spiro atoms. The lowest BCUT2D eigenvalue weighted by Crippen LogP contribution is -2.32. The smallest absolute Gasteiger partial charge is 0.253 e. The average molecular weight is 228 g/mol. The Morgan fingerprint density at radius 1 is 1.41 bits per heavy atom. The molecule has 1 aliphatic rings. The molecule has 0 atom stereocenters. The van der Waals surface area contributed by atoms with Crippen LogP contribution < -0.4 is 0 Å². The van der Waals surface area contributed by atoms with Crippen LogP contribution in [0.3, 0.4) is 0 Å². The van der Waals surface area contributed by atoms with Crippen molar-refractivity contribution >= 4 is 5.91 Å². The minimum Gasteiger partial charge on any atom is -0.339 e. The highest BCUT2D eigenvalue weighted by atomic mass is 16.2. The van der Waals surface area contributed by atoms with E-state index < -0.39 is 0 Å². The van der Waals surface area contributed by atoms with Crippen LogP contribution in [0.15, 0.2) is 24.3 Å². The van der Waals surface area contributed by atoms with Crippen LogP contribution >= 0.6 is 0 Å². The van der Waals surface area contributed by atoms with Crippen LogP contribution in [0.25, 0.3) is 0 Å². The second kappa shape index (κ2) is 5.01. The topological polar surface area (TPSA) is 44.1 Å². The first-order valence-electron chi connectivity index (χ1n) is 6.04. The minimum atomic E-state index is 0.0730. The molecule has 0 radical (unpaired) electrons. The van der Waals surface area contributed by atoms with Gasteiger partial charge in [0.25, 0.3) is 5.91 Å². The molecule has 0 saturated heterocycles. The molecule has 0 unspecified atom stereocenters. The van der Waals surface area contributed by atoms with Crippen molar-refractivity contribution in [3.8, 4) is 6.07 Å². The third-order valence-corrected chi connectivity index (χ3v) is 3.11. The van der Waals surface area contributed by atoms with E-state index in [0.29, 0.717) is 17.0 Å². The lowest BCUT2D eigenvalue weighted by Gasteiger charge is -2.20. The summed E-state index contributed by atoms with van der Waals surface area (Å²) in [6.45, 7) is 3.62. The highest BCUT2D eigenvalue weighted by Crippen LogP contribution is 2.30. The number of rotatable bonds is 4. The van der Waals surface area contributed by atoms with E-state index >= 15 is 0 Å². The van der Waals surface area contributed by atoms with Gasteiger partial charge in [0.1, 0.15) is 0 Å². The number of nitriles is 1. The van der Waals surface area contributed by atoms with Crippen molar-refractivity contribution in [2.45, 2.75) is 19.8 Å². The van der Waals surface area contributed by atoms with Crippen molar-refractivity contribution in [3.63, 3.8) is 0 Å². The van der Waals surface area contributed by atoms with Gasteiger partial charge >= 0.3 is 0 Å². The van der Waals surface area contributed by atoms with E-state index in [1.165, 1.54) is 12.8 Å². The number of hydrogen-bond acceptors (Lipinski definition) is 2. The van der Waals surface area contributed by atoms with Gasteiger partial charge in [0.05, 0.1) is 11.6 Å². The monoisotopic (exact) mass is 228 g/mol. The zero-order valence-electron chi connectivity index (χ0n) is 10.0. The zero-order valence-corrected chi connectivity index (χ0v) is 10.0. The molecule has 17 heavy (non-hydrogen) atoms. The summed E-state index contributed by atoms with van der Waals surface area (Å²) in [5.41, 5.74) is 1.26. The van der Waals surface area contributed by atoms with E-state index in [0.717, 1.165) is 13.1 Å². The zero-order chi connectivity index (χ0) is 12.3. The Labute approximate surface area is 102 Å². The molecule has 3 nitrogen and oxygen atoms in total. The molecule has 1 amide bonds. The van der Waals surface area contributed by atoms with Crippen LogP contribution in [-0.2, 0) is 0 Å². The summed E-state index contributed by atoms with van der Waals surface area (Å²) in [5, 5.41) is 8.70. The van der Waals surface area contributed by atoms with E-state index in [1.54, 1.807) is 24.3 Å². The highest BCUT2D eigenvalue weighted by Gasteiger charge is 2.26. The molecular formula is C14H16N2O. The van der Waals surface area contributed by atoms with Crippen molar-refractivity contribution in [2.75, 3.05) is 13.1 Å². The number of nitrogens with zero attached hydrogens (tertiary/aromatic N) is 2. The van der Waals surface area contributed by atoms with Crippen molar-refractivity contribution in [1.29, 1.82) is 5.26 Å². The molecular weight excluding hydrogens is 212 g/mol. The fourth-order valence-electron chi connectivity index (χ4n) is 1.84. The molecule has 1 aromatic carbocycles. The van der Waals surface area contributed by atoms with E-state index in [-0.39, 0.29) is 5.91 Å². The number of amides is 1. The van der Waals surface area contributed by atoms with Gasteiger partial charge in [0.15, 0.2) is 0 Å². The Morgan fingerprint density at radius 3 is 2.53 bits per heavy atom. The predicted molar refractivity (Wildman–Crippen MR) is 65.5 cm³/mol. The Kier molecular flexibility index (Phi) is 3.43. The fourth-order valence-corrected chi connectivity index (χ4v) is 1.84. The number of carbonyl (C=O) groups is 1. The lowest BCUT2D eigenvalue weighted by atomic mass is 10.1. The maximum Gasteiger partial charge on any atom is 0.253 e. The number of benzene rings is 1. The molecule has 1 aromatic rings. The van der Waals surface area contributed by atoms with Crippen LogP contribution in [0.1, 0.15) is 35.7 Å². The average Bonchev–Trinajstić information content (AvgIpc) is 3.19. The Bertz CT molecular complexity index is 440. The van der Waals surface area contributed by atoms with E-state index in [2.05, 4.69) is 6.07 Å². The largest absolute Gasteiger partial charge is 0.339 e. The summed E-state index contributed by atoms with van der Waals surface area (Å²) in [6, 6.07) is 8.90. The number of carbonyl (C=O) groups excluding carboxylic acids is 1. The first-order chi connectivity index (χ1) is 8.24. The van der Waals surface area contributed by atoms with Gasteiger partial charge in [-0.05, 0) is 49.9 Å². The second-order valence-corrected chi connectivity index (χ2v) is 4.48. The van der Waals surface area contributed by atoms with Gasteiger partial charge < -0.3 is 4.90 Å². The second-order valence-electron chi connectivity index (χ2n) is 4.48. The van der Waals surface area contributed by atoms with Crippen LogP contribution in [0, 0.1) is 17.2 Å². The quantitative estimate of drug-likeness (QED) is 0.794. The van der Waals surface area contributed by atoms with E-state index in [4.69, 9.17) is 5.26 Å². The molecule has 0 N–H and O–H groups in total. The van der Waals surface area contributed by atoms with E-state index in [9.17, 15) is 4.79 Å². The van der Waals surface area contributed by atoms with Gasteiger partial charge in [-0.15, -0.1) is 0 Å². The Morgan fingerprint density at radius 2 is 2.06 bits per heavy atom. The lowest BCUT2D eigenvalue weighted by molar-refractivity contribution is 0.0757. The summed E-state index contributed by atoms with van der Waals surface area (Å²) in [5.74, 6) is 0.779. The summed E-state index contributed by atoms with van der Waals surface area (Å²) in [6.07, 6.45) is 2.49. The van der Waals surface area contributed by atoms with Gasteiger partial charge in [-0.1, -0.05) is 0 Å². The molecule has 0 aromatic heterocycles. The first-order valence-corrected chi connectivity index (χ1v) is 6.04. The summed E-state index contributed by atoms with van der Waals surface area (Å²) >= 11 is 0. The minimum absolute atomic E-state index is 0.0730. The molecule has 1 fully saturated rings. The van der Waals surface area contributed by atoms with Gasteiger partial charge in [-0.2, -0.15) is 5.26 Å². The molecule has 2 rings (SSSR count). The van der Waals surface area contributed by atoms with Crippen molar-refractivity contribution in [1.82, 2.24) is 4.90 Å². The van der Waals surface area contributed by atoms with Gasteiger partial charge in [-0.3, -0.25) is 4.79 Å². The van der Waals surface area contributed by atoms with Crippen LogP contribution in [-0.4, -0.2) is 23.9 Å². The van der Waals surface area contributed by atoms with Crippen LogP contribution in [0.2, 0.25) is 0 Å². The molecule has 0 bridgehead atoms. The fraction of sp³-hybridized carbons (Fsp3) is 0.429. The molecule has 1 saturated carbocycles. The standard InChI is InChI=1S/C14H16N2O/c1-2-16(10-12-3-4-12)14(17)13-7-5-11(9-15)6-8-13/h5-8,12H,2-4,10H2,1H3. The molecule has 88 valence electrons. The summed E-state index contributed by atoms with van der Waals surface area (Å²) in [4.78, 5) is 14.1. The third-order valence-electron chi connectivity index (χ3n) is 3.11. The SMILES string of the molecule is CCN(CC1CC1)C(=O)c1ccc(C#N)cc1. The third kappa shape index (κ3) is 2.85. The van der Waals surface area contributed by atoms with Crippen molar-refractivity contribution < 1.29 is 4.79 Å². The predicted octanol–water partition coefficient (Wildman–Crippen LogP) is 2.43. The van der Waals surface area contributed by atoms with Crippen LogP contribution in [0.4, 0.5) is 0 Å². The summed E-state index contributed by atoms with van der Waals surface area (Å²) < 4.78 is 0. The van der Waals surface area contributed by atoms with E-state index in [1.807, 2.05) is 11.8 Å². The molecule has 1 aliphatic carbocycles. The van der Waals surface area contributed by atoms with Crippen LogP contribution in [0.5, 0.6) is 0 Å². The van der Waals surface area contributed by atoms with Crippen molar-refractivity contribution in [2.24, 2.45) is 5.92 Å².